The van der Waals surface area contributed by atoms with Crippen molar-refractivity contribution >= 4 is 40.0 Å². The Morgan fingerprint density at radius 1 is 0.941 bits per heavy atom. The first kappa shape index (κ1) is 21.7. The molecule has 0 bridgehead atoms. The number of hydrogen-bond acceptors (Lipinski definition) is 5. The lowest BCUT2D eigenvalue weighted by molar-refractivity contribution is 0.0951. The number of nitrogens with one attached hydrogen (secondary N) is 2. The molecule has 0 spiro atoms. The number of aromatic nitrogens is 1. The van der Waals surface area contributed by atoms with E-state index in [4.69, 9.17) is 21.1 Å². The molecule has 34 heavy (non-hydrogen) atoms. The van der Waals surface area contributed by atoms with E-state index in [1.807, 2.05) is 24.3 Å². The van der Waals surface area contributed by atoms with Crippen LogP contribution in [0.15, 0.2) is 66.7 Å². The van der Waals surface area contributed by atoms with Crippen molar-refractivity contribution in [3.8, 4) is 11.5 Å². The van der Waals surface area contributed by atoms with Gasteiger partial charge in [-0.25, -0.2) is 0 Å². The number of rotatable bonds is 5. The van der Waals surface area contributed by atoms with Gasteiger partial charge in [0.05, 0.1) is 28.0 Å². The van der Waals surface area contributed by atoms with E-state index in [1.165, 1.54) is 0 Å². The molecule has 0 radical (unpaired) electrons. The fraction of sp³-hybridized carbons (Fsp3) is 0.115. The molecule has 0 fully saturated rings. The minimum Gasteiger partial charge on any atom is -0.454 e. The molecule has 5 rings (SSSR count). The van der Waals surface area contributed by atoms with Crippen LogP contribution in [0, 0.1) is 6.92 Å². The predicted molar refractivity (Wildman–Crippen MR) is 130 cm³/mol. The summed E-state index contributed by atoms with van der Waals surface area (Å²) in [6.45, 7) is 2.26. The largest absolute Gasteiger partial charge is 0.454 e. The number of benzene rings is 3. The molecule has 2 N–H and O–H groups in total. The fourth-order valence-corrected chi connectivity index (χ4v) is 3.96. The molecule has 2 amide bonds. The highest BCUT2D eigenvalue weighted by Gasteiger charge is 2.18. The van der Waals surface area contributed by atoms with Gasteiger partial charge in [0.1, 0.15) is 0 Å². The van der Waals surface area contributed by atoms with Crippen molar-refractivity contribution in [2.24, 2.45) is 0 Å². The molecule has 170 valence electrons. The highest BCUT2D eigenvalue weighted by molar-refractivity contribution is 6.31. The molecule has 0 saturated heterocycles. The zero-order valence-corrected chi connectivity index (χ0v) is 19.0. The lowest BCUT2D eigenvalue weighted by Crippen LogP contribution is -2.25. The molecular formula is C26H20ClN3O4. The Bertz CT molecular complexity index is 1440. The summed E-state index contributed by atoms with van der Waals surface area (Å²) in [6.07, 6.45) is 0. The molecule has 7 nitrogen and oxygen atoms in total. The molecule has 0 unspecified atom stereocenters. The zero-order valence-electron chi connectivity index (χ0n) is 18.2. The first-order chi connectivity index (χ1) is 16.5. The van der Waals surface area contributed by atoms with Crippen LogP contribution in [0.5, 0.6) is 11.5 Å². The van der Waals surface area contributed by atoms with Crippen molar-refractivity contribution in [3.63, 3.8) is 0 Å². The third-order valence-electron chi connectivity index (χ3n) is 5.52. The predicted octanol–water partition coefficient (Wildman–Crippen LogP) is 5.11. The fourth-order valence-electron chi connectivity index (χ4n) is 3.78. The van der Waals surface area contributed by atoms with Crippen LogP contribution >= 0.6 is 11.6 Å². The molecule has 1 aliphatic rings. The van der Waals surface area contributed by atoms with Gasteiger partial charge in [-0.3, -0.25) is 14.6 Å². The van der Waals surface area contributed by atoms with Crippen LogP contribution in [0.25, 0.3) is 10.9 Å². The van der Waals surface area contributed by atoms with Crippen LogP contribution in [0.3, 0.4) is 0 Å². The van der Waals surface area contributed by atoms with E-state index >= 15 is 0 Å². The van der Waals surface area contributed by atoms with Gasteiger partial charge in [0.15, 0.2) is 11.5 Å². The van der Waals surface area contributed by atoms with Gasteiger partial charge in [0.2, 0.25) is 6.79 Å². The smallest absolute Gasteiger partial charge is 0.257 e. The van der Waals surface area contributed by atoms with Gasteiger partial charge in [0, 0.05) is 17.0 Å². The summed E-state index contributed by atoms with van der Waals surface area (Å²) in [5, 5.41) is 7.06. The molecular weight excluding hydrogens is 454 g/mol. The molecule has 0 aliphatic carbocycles. The van der Waals surface area contributed by atoms with Crippen LogP contribution in [0.4, 0.5) is 5.69 Å². The molecule has 4 aromatic rings. The molecule has 8 heteroatoms. The van der Waals surface area contributed by atoms with Crippen LogP contribution in [0.1, 0.15) is 32.0 Å². The minimum atomic E-state index is -0.358. The molecule has 3 aromatic carbocycles. The summed E-state index contributed by atoms with van der Waals surface area (Å²) in [4.78, 5) is 30.5. The van der Waals surface area contributed by atoms with Gasteiger partial charge in [-0.2, -0.15) is 0 Å². The summed E-state index contributed by atoms with van der Waals surface area (Å²) < 4.78 is 10.7. The lowest BCUT2D eigenvalue weighted by Gasteiger charge is -2.13. The molecule has 0 saturated carbocycles. The Labute approximate surface area is 200 Å². The van der Waals surface area contributed by atoms with Gasteiger partial charge in [-0.15, -0.1) is 0 Å². The maximum absolute atomic E-state index is 13.1. The van der Waals surface area contributed by atoms with E-state index in [1.54, 1.807) is 49.4 Å². The van der Waals surface area contributed by atoms with E-state index < -0.39 is 0 Å². The highest BCUT2D eigenvalue weighted by atomic mass is 35.5. The van der Waals surface area contributed by atoms with Crippen molar-refractivity contribution in [1.29, 1.82) is 0 Å². The second-order valence-corrected chi connectivity index (χ2v) is 8.26. The number of ether oxygens (including phenoxy) is 2. The first-order valence-electron chi connectivity index (χ1n) is 10.6. The SMILES string of the molecule is Cc1nc2ccc(Cl)cc2cc1C(=O)Nc1ccccc1C(=O)NCc1ccc2c(c1)OCO2. The maximum Gasteiger partial charge on any atom is 0.257 e. The number of halogens is 1. The Hall–Kier alpha value is -4.10. The molecule has 1 aromatic heterocycles. The topological polar surface area (TPSA) is 89.6 Å². The van der Waals surface area contributed by atoms with Crippen LogP contribution < -0.4 is 20.1 Å². The van der Waals surface area contributed by atoms with E-state index in [-0.39, 0.29) is 18.6 Å². The van der Waals surface area contributed by atoms with Crippen LogP contribution in [-0.2, 0) is 6.54 Å². The quantitative estimate of drug-likeness (QED) is 0.420. The average molecular weight is 474 g/mol. The summed E-state index contributed by atoms with van der Waals surface area (Å²) >= 11 is 6.09. The number of para-hydroxylation sites is 1. The van der Waals surface area contributed by atoms with Crippen molar-refractivity contribution in [2.75, 3.05) is 12.1 Å². The Balaban J connectivity index is 1.33. The molecule has 1 aliphatic heterocycles. The van der Waals surface area contributed by atoms with Crippen molar-refractivity contribution < 1.29 is 19.1 Å². The Morgan fingerprint density at radius 3 is 2.65 bits per heavy atom. The van der Waals surface area contributed by atoms with Gasteiger partial charge in [0.25, 0.3) is 11.8 Å². The van der Waals surface area contributed by atoms with Gasteiger partial charge >= 0.3 is 0 Å². The number of hydrogen-bond donors (Lipinski definition) is 2. The number of carbonyl (C=O) groups excluding carboxylic acids is 2. The number of fused-ring (bicyclic) bond motifs is 2. The monoisotopic (exact) mass is 473 g/mol. The van der Waals surface area contributed by atoms with Crippen molar-refractivity contribution in [1.82, 2.24) is 10.3 Å². The van der Waals surface area contributed by atoms with Gasteiger partial charge in [-0.05, 0) is 61.0 Å². The summed E-state index contributed by atoms with van der Waals surface area (Å²) in [6, 6.07) is 19.4. The zero-order chi connectivity index (χ0) is 23.7. The van der Waals surface area contributed by atoms with E-state index in [2.05, 4.69) is 15.6 Å². The lowest BCUT2D eigenvalue weighted by atomic mass is 10.1. The normalized spacial score (nSPS) is 11.9. The second kappa shape index (κ2) is 9.03. The first-order valence-corrected chi connectivity index (χ1v) is 11.0. The van der Waals surface area contributed by atoms with E-state index in [0.717, 1.165) is 16.5 Å². The highest BCUT2D eigenvalue weighted by Crippen LogP contribution is 2.32. The summed E-state index contributed by atoms with van der Waals surface area (Å²) in [5.41, 5.74) is 3.37. The van der Waals surface area contributed by atoms with Crippen LogP contribution in [-0.4, -0.2) is 23.6 Å². The van der Waals surface area contributed by atoms with Gasteiger partial charge in [-0.1, -0.05) is 29.8 Å². The number of nitrogens with zero attached hydrogens (tertiary/aromatic N) is 1. The Kier molecular flexibility index (Phi) is 5.77. The van der Waals surface area contributed by atoms with Crippen molar-refractivity contribution in [3.05, 3.63) is 94.1 Å². The number of amides is 2. The third kappa shape index (κ3) is 4.38. The third-order valence-corrected chi connectivity index (χ3v) is 5.76. The summed E-state index contributed by atoms with van der Waals surface area (Å²) in [7, 11) is 0. The number of pyridine rings is 1. The second-order valence-electron chi connectivity index (χ2n) is 7.83. The number of anilines is 1. The van der Waals surface area contributed by atoms with E-state index in [9.17, 15) is 9.59 Å². The Morgan fingerprint density at radius 2 is 1.76 bits per heavy atom. The van der Waals surface area contributed by atoms with E-state index in [0.29, 0.717) is 45.6 Å². The summed E-state index contributed by atoms with van der Waals surface area (Å²) in [5.74, 6) is 0.667. The maximum atomic E-state index is 13.1. The number of aryl methyl sites for hydroxylation is 1. The number of carbonyl (C=O) groups is 2. The standard InChI is InChI=1S/C26H20ClN3O4/c1-15-20(12-17-11-18(27)7-8-21(17)29-15)26(32)30-22-5-3-2-4-19(22)25(31)28-13-16-6-9-23-24(10-16)34-14-33-23/h2-12H,13-14H2,1H3,(H,28,31)(H,30,32). The van der Waals surface area contributed by atoms with Crippen molar-refractivity contribution in [2.45, 2.75) is 13.5 Å². The molecule has 2 heterocycles. The minimum absolute atomic E-state index is 0.192. The average Bonchev–Trinajstić information content (AvgIpc) is 3.30. The van der Waals surface area contributed by atoms with Crippen LogP contribution in [0.2, 0.25) is 5.02 Å². The molecule has 0 atom stereocenters. The van der Waals surface area contributed by atoms with Gasteiger partial charge < -0.3 is 20.1 Å².